The van der Waals surface area contributed by atoms with Crippen LogP contribution in [0.5, 0.6) is 0 Å². The van der Waals surface area contributed by atoms with Gasteiger partial charge in [0, 0.05) is 20.1 Å². The number of aromatic nitrogens is 4. The van der Waals surface area contributed by atoms with Crippen LogP contribution in [0, 0.1) is 11.3 Å². The van der Waals surface area contributed by atoms with Gasteiger partial charge in [-0.2, -0.15) is 15.1 Å². The van der Waals surface area contributed by atoms with Gasteiger partial charge in [-0.3, -0.25) is 4.68 Å². The van der Waals surface area contributed by atoms with Gasteiger partial charge in [-0.05, 0) is 24.2 Å². The number of fused-ring (bicyclic) bond motifs is 1. The van der Waals surface area contributed by atoms with Crippen LogP contribution in [0.25, 0.3) is 11.0 Å². The highest BCUT2D eigenvalue weighted by molar-refractivity contribution is 5.86. The first-order chi connectivity index (χ1) is 9.86. The summed E-state index contributed by atoms with van der Waals surface area (Å²) in [5, 5.41) is 5.04. The van der Waals surface area contributed by atoms with Crippen molar-refractivity contribution >= 4 is 22.8 Å². The predicted molar refractivity (Wildman–Crippen MR) is 85.1 cm³/mol. The lowest BCUT2D eigenvalue weighted by Gasteiger charge is -2.39. The number of hydrogen-bond donors (Lipinski definition) is 1. The van der Waals surface area contributed by atoms with Crippen molar-refractivity contribution in [1.82, 2.24) is 19.7 Å². The van der Waals surface area contributed by atoms with E-state index in [0.717, 1.165) is 30.1 Å². The average Bonchev–Trinajstić information content (AvgIpc) is 2.80. The zero-order chi connectivity index (χ0) is 15.2. The molecule has 1 aliphatic rings. The van der Waals surface area contributed by atoms with Crippen LogP contribution in [-0.4, -0.2) is 32.8 Å². The number of rotatable bonds is 1. The van der Waals surface area contributed by atoms with Crippen molar-refractivity contribution in [3.8, 4) is 0 Å². The Balaban J connectivity index is 1.94. The molecule has 0 bridgehead atoms. The van der Waals surface area contributed by atoms with Crippen molar-refractivity contribution in [2.24, 2.45) is 18.4 Å². The minimum atomic E-state index is 0.306. The summed E-state index contributed by atoms with van der Waals surface area (Å²) in [6.07, 6.45) is 4.17. The summed E-state index contributed by atoms with van der Waals surface area (Å²) < 4.78 is 1.75. The van der Waals surface area contributed by atoms with Crippen LogP contribution in [0.3, 0.4) is 0 Å². The van der Waals surface area contributed by atoms with Crippen molar-refractivity contribution < 1.29 is 0 Å². The van der Waals surface area contributed by atoms with Crippen LogP contribution in [0.1, 0.15) is 33.6 Å². The van der Waals surface area contributed by atoms with Crippen LogP contribution in [0.4, 0.5) is 11.8 Å². The number of nitrogens with zero attached hydrogens (tertiary/aromatic N) is 5. The monoisotopic (exact) mass is 288 g/mol. The average molecular weight is 288 g/mol. The highest BCUT2D eigenvalue weighted by Crippen LogP contribution is 2.34. The predicted octanol–water partition coefficient (Wildman–Crippen LogP) is 2.21. The zero-order valence-corrected chi connectivity index (χ0v) is 13.3. The number of nitrogens with two attached hydrogens (primary N) is 1. The Hall–Kier alpha value is -1.85. The molecule has 1 atom stereocenters. The molecule has 0 saturated carbocycles. The lowest BCUT2D eigenvalue weighted by atomic mass is 9.76. The van der Waals surface area contributed by atoms with Gasteiger partial charge >= 0.3 is 0 Å². The second-order valence-electron chi connectivity index (χ2n) is 7.07. The summed E-state index contributed by atoms with van der Waals surface area (Å²) in [5.74, 6) is 1.90. The molecule has 1 aliphatic heterocycles. The molecule has 0 unspecified atom stereocenters. The van der Waals surface area contributed by atoms with E-state index < -0.39 is 0 Å². The summed E-state index contributed by atoms with van der Waals surface area (Å²) in [6, 6.07) is 0. The zero-order valence-electron chi connectivity index (χ0n) is 13.3. The highest BCUT2D eigenvalue weighted by Gasteiger charge is 2.30. The Labute approximate surface area is 125 Å². The van der Waals surface area contributed by atoms with Crippen molar-refractivity contribution in [1.29, 1.82) is 0 Å². The summed E-state index contributed by atoms with van der Waals surface area (Å²) in [6.45, 7) is 8.91. The van der Waals surface area contributed by atoms with Gasteiger partial charge in [0.15, 0.2) is 5.65 Å². The summed E-state index contributed by atoms with van der Waals surface area (Å²) in [4.78, 5) is 11.4. The van der Waals surface area contributed by atoms with E-state index in [9.17, 15) is 0 Å². The molecule has 0 amide bonds. The Morgan fingerprint density at radius 3 is 2.76 bits per heavy atom. The summed E-state index contributed by atoms with van der Waals surface area (Å²) >= 11 is 0. The fraction of sp³-hybridized carbons (Fsp3) is 0.667. The molecule has 2 aromatic heterocycles. The second kappa shape index (κ2) is 4.86. The summed E-state index contributed by atoms with van der Waals surface area (Å²) in [5.41, 5.74) is 7.17. The number of anilines is 2. The molecule has 0 aromatic carbocycles. The Kier molecular flexibility index (Phi) is 3.26. The lowest BCUT2D eigenvalue weighted by Crippen LogP contribution is -2.41. The van der Waals surface area contributed by atoms with Gasteiger partial charge < -0.3 is 10.6 Å². The number of hydrogen-bond acceptors (Lipinski definition) is 5. The number of piperidine rings is 1. The largest absolute Gasteiger partial charge is 0.383 e. The smallest absolute Gasteiger partial charge is 0.229 e. The van der Waals surface area contributed by atoms with E-state index >= 15 is 0 Å². The molecule has 3 heterocycles. The molecule has 114 valence electrons. The molecule has 6 nitrogen and oxygen atoms in total. The van der Waals surface area contributed by atoms with Gasteiger partial charge in [-0.1, -0.05) is 20.8 Å². The third kappa shape index (κ3) is 2.54. The molecule has 1 saturated heterocycles. The summed E-state index contributed by atoms with van der Waals surface area (Å²) in [7, 11) is 1.88. The van der Waals surface area contributed by atoms with E-state index in [1.165, 1.54) is 12.8 Å². The van der Waals surface area contributed by atoms with Crippen LogP contribution < -0.4 is 10.6 Å². The van der Waals surface area contributed by atoms with Gasteiger partial charge in [-0.15, -0.1) is 0 Å². The fourth-order valence-corrected chi connectivity index (χ4v) is 3.04. The SMILES string of the molecule is Cn1ncc2c(N)nc(N3CCC[C@H](C(C)(C)C)C3)nc21. The highest BCUT2D eigenvalue weighted by atomic mass is 15.3. The molecule has 0 aliphatic carbocycles. The molecule has 2 aromatic rings. The Morgan fingerprint density at radius 1 is 1.29 bits per heavy atom. The fourth-order valence-electron chi connectivity index (χ4n) is 3.04. The van der Waals surface area contributed by atoms with Gasteiger partial charge in [0.1, 0.15) is 5.82 Å². The van der Waals surface area contributed by atoms with Crippen LogP contribution in [0.15, 0.2) is 6.20 Å². The first-order valence-corrected chi connectivity index (χ1v) is 7.56. The molecule has 1 fully saturated rings. The third-order valence-electron chi connectivity index (χ3n) is 4.54. The topological polar surface area (TPSA) is 72.9 Å². The van der Waals surface area contributed by atoms with Crippen molar-refractivity contribution in [3.05, 3.63) is 6.20 Å². The lowest BCUT2D eigenvalue weighted by molar-refractivity contribution is 0.207. The first-order valence-electron chi connectivity index (χ1n) is 7.56. The van der Waals surface area contributed by atoms with E-state index in [4.69, 9.17) is 5.73 Å². The van der Waals surface area contributed by atoms with Gasteiger partial charge in [0.05, 0.1) is 11.6 Å². The molecular weight excluding hydrogens is 264 g/mol. The normalized spacial score (nSPS) is 20.2. The van der Waals surface area contributed by atoms with Crippen LogP contribution >= 0.6 is 0 Å². The van der Waals surface area contributed by atoms with E-state index in [0.29, 0.717) is 17.2 Å². The van der Waals surface area contributed by atoms with E-state index in [1.54, 1.807) is 10.9 Å². The number of aryl methyl sites for hydroxylation is 1. The molecule has 0 radical (unpaired) electrons. The quantitative estimate of drug-likeness (QED) is 0.871. The Morgan fingerprint density at radius 2 is 2.05 bits per heavy atom. The van der Waals surface area contributed by atoms with E-state index in [1.807, 2.05) is 7.05 Å². The van der Waals surface area contributed by atoms with Gasteiger partial charge in [0.2, 0.25) is 5.95 Å². The molecular formula is C15H24N6. The minimum Gasteiger partial charge on any atom is -0.383 e. The molecule has 6 heteroatoms. The standard InChI is InChI=1S/C15H24N6/c1-15(2,3)10-6-5-7-21(9-10)14-18-12(16)11-8-17-20(4)13(11)19-14/h8,10H,5-7,9H2,1-4H3,(H2,16,18,19)/t10-/m0/s1. The molecule has 0 spiro atoms. The number of nitrogen functional groups attached to an aromatic ring is 1. The van der Waals surface area contributed by atoms with Crippen molar-refractivity contribution in [3.63, 3.8) is 0 Å². The maximum atomic E-state index is 6.07. The van der Waals surface area contributed by atoms with Crippen LogP contribution in [0.2, 0.25) is 0 Å². The molecule has 21 heavy (non-hydrogen) atoms. The van der Waals surface area contributed by atoms with E-state index in [2.05, 4.69) is 40.7 Å². The van der Waals surface area contributed by atoms with Gasteiger partial charge in [0.25, 0.3) is 0 Å². The molecule has 3 rings (SSSR count). The third-order valence-corrected chi connectivity index (χ3v) is 4.54. The van der Waals surface area contributed by atoms with Crippen molar-refractivity contribution in [2.45, 2.75) is 33.6 Å². The first kappa shape index (κ1) is 14.1. The second-order valence-corrected chi connectivity index (χ2v) is 7.07. The van der Waals surface area contributed by atoms with E-state index in [-0.39, 0.29) is 0 Å². The van der Waals surface area contributed by atoms with Crippen LogP contribution in [-0.2, 0) is 7.05 Å². The Bertz CT molecular complexity index is 654. The maximum absolute atomic E-state index is 6.07. The van der Waals surface area contributed by atoms with Crippen molar-refractivity contribution in [2.75, 3.05) is 23.7 Å². The maximum Gasteiger partial charge on any atom is 0.229 e. The van der Waals surface area contributed by atoms with Gasteiger partial charge in [-0.25, -0.2) is 0 Å². The minimum absolute atomic E-state index is 0.306. The molecule has 2 N–H and O–H groups in total.